The third-order valence-corrected chi connectivity index (χ3v) is 4.38. The lowest BCUT2D eigenvalue weighted by molar-refractivity contribution is 0.0431. The van der Waals surface area contributed by atoms with Crippen LogP contribution in [0.15, 0.2) is 36.9 Å². The fraction of sp³-hybridized carbons (Fsp3) is 0.474. The van der Waals surface area contributed by atoms with Crippen LogP contribution in [0.3, 0.4) is 0 Å². The van der Waals surface area contributed by atoms with Crippen molar-refractivity contribution in [1.82, 2.24) is 10.2 Å². The minimum atomic E-state index is -0.119. The Kier molecular flexibility index (Phi) is 6.83. The first-order valence-electron chi connectivity index (χ1n) is 8.36. The van der Waals surface area contributed by atoms with Crippen molar-refractivity contribution in [3.8, 4) is 6.07 Å². The minimum absolute atomic E-state index is 0.0500. The van der Waals surface area contributed by atoms with E-state index in [-0.39, 0.29) is 18.2 Å². The molecule has 0 spiro atoms. The van der Waals surface area contributed by atoms with Crippen molar-refractivity contribution >= 4 is 6.03 Å². The Morgan fingerprint density at radius 2 is 2.29 bits per heavy atom. The zero-order valence-electron chi connectivity index (χ0n) is 14.2. The number of hydrogen-bond acceptors (Lipinski definition) is 3. The van der Waals surface area contributed by atoms with Crippen LogP contribution in [0.25, 0.3) is 0 Å². The first-order chi connectivity index (χ1) is 11.7. The molecule has 2 amide bonds. The number of urea groups is 1. The lowest BCUT2D eigenvalue weighted by Gasteiger charge is -2.33. The molecule has 1 aliphatic rings. The van der Waals surface area contributed by atoms with Gasteiger partial charge in [0.15, 0.2) is 0 Å². The van der Waals surface area contributed by atoms with Crippen LogP contribution in [0.5, 0.6) is 0 Å². The van der Waals surface area contributed by atoms with Gasteiger partial charge in [-0.2, -0.15) is 5.26 Å². The minimum Gasteiger partial charge on any atom is -0.379 e. The number of benzene rings is 1. The lowest BCUT2D eigenvalue weighted by Crippen LogP contribution is -2.50. The van der Waals surface area contributed by atoms with Gasteiger partial charge in [-0.25, -0.2) is 4.79 Å². The van der Waals surface area contributed by atoms with Crippen LogP contribution in [0.2, 0.25) is 0 Å². The van der Waals surface area contributed by atoms with Crippen molar-refractivity contribution in [3.05, 3.63) is 48.0 Å². The number of amides is 2. The second-order valence-corrected chi connectivity index (χ2v) is 6.10. The summed E-state index contributed by atoms with van der Waals surface area (Å²) in [5, 5.41) is 12.1. The van der Waals surface area contributed by atoms with Gasteiger partial charge in [-0.3, -0.25) is 0 Å². The van der Waals surface area contributed by atoms with E-state index in [9.17, 15) is 4.79 Å². The highest BCUT2D eigenvalue weighted by Crippen LogP contribution is 2.21. The van der Waals surface area contributed by atoms with Gasteiger partial charge in [0.2, 0.25) is 0 Å². The molecular weight excluding hydrogens is 302 g/mol. The molecule has 1 fully saturated rings. The fourth-order valence-corrected chi connectivity index (χ4v) is 3.13. The maximum absolute atomic E-state index is 12.7. The quantitative estimate of drug-likeness (QED) is 0.816. The van der Waals surface area contributed by atoms with Crippen LogP contribution < -0.4 is 5.32 Å². The summed E-state index contributed by atoms with van der Waals surface area (Å²) in [6.45, 7) is 4.63. The Hall–Kier alpha value is -2.32. The van der Waals surface area contributed by atoms with Crippen LogP contribution >= 0.6 is 0 Å². The molecule has 1 N–H and O–H groups in total. The first kappa shape index (κ1) is 18.0. The molecule has 128 valence electrons. The average molecular weight is 327 g/mol. The Morgan fingerprint density at radius 3 is 3.00 bits per heavy atom. The molecular formula is C19H25N3O2. The number of nitrogens with zero attached hydrogens (tertiary/aromatic N) is 2. The number of carbonyl (C=O) groups is 1. The maximum Gasteiger partial charge on any atom is 0.318 e. The topological polar surface area (TPSA) is 65.4 Å². The van der Waals surface area contributed by atoms with Gasteiger partial charge in [-0.1, -0.05) is 31.1 Å². The largest absolute Gasteiger partial charge is 0.379 e. The number of ether oxygens (including phenoxy) is 1. The Bertz CT molecular complexity index is 609. The highest BCUT2D eigenvalue weighted by Gasteiger charge is 2.27. The number of nitriles is 1. The van der Waals surface area contributed by atoms with Gasteiger partial charge < -0.3 is 15.0 Å². The SMILES string of the molecule is C=CCN(Cc1cccc(C#N)c1)C(=O)NC1CCCCC1OC. The number of hydrogen-bond donors (Lipinski definition) is 1. The normalized spacial score (nSPS) is 20.0. The van der Waals surface area contributed by atoms with Gasteiger partial charge in [0, 0.05) is 20.2 Å². The Balaban J connectivity index is 2.04. The van der Waals surface area contributed by atoms with E-state index in [1.807, 2.05) is 18.2 Å². The molecule has 5 heteroatoms. The van der Waals surface area contributed by atoms with Crippen molar-refractivity contribution < 1.29 is 9.53 Å². The van der Waals surface area contributed by atoms with Crippen LogP contribution in [-0.2, 0) is 11.3 Å². The molecule has 5 nitrogen and oxygen atoms in total. The van der Waals surface area contributed by atoms with Gasteiger partial charge >= 0.3 is 6.03 Å². The monoisotopic (exact) mass is 327 g/mol. The van der Waals surface area contributed by atoms with Gasteiger partial charge in [0.05, 0.1) is 23.8 Å². The molecule has 1 aromatic carbocycles. The van der Waals surface area contributed by atoms with Crippen LogP contribution in [-0.4, -0.2) is 36.7 Å². The third kappa shape index (κ3) is 4.84. The van der Waals surface area contributed by atoms with E-state index in [0.29, 0.717) is 18.7 Å². The van der Waals surface area contributed by atoms with Crippen molar-refractivity contribution in [2.75, 3.05) is 13.7 Å². The number of carbonyl (C=O) groups excluding carboxylic acids is 1. The highest BCUT2D eigenvalue weighted by molar-refractivity contribution is 5.74. The molecule has 1 saturated carbocycles. The second kappa shape index (κ2) is 9.09. The number of nitrogens with one attached hydrogen (secondary N) is 1. The van der Waals surface area contributed by atoms with Gasteiger partial charge in [0.1, 0.15) is 0 Å². The van der Waals surface area contributed by atoms with Crippen molar-refractivity contribution in [2.45, 2.75) is 44.4 Å². The molecule has 24 heavy (non-hydrogen) atoms. The lowest BCUT2D eigenvalue weighted by atomic mass is 9.92. The molecule has 0 aliphatic heterocycles. The van der Waals surface area contributed by atoms with E-state index in [0.717, 1.165) is 31.2 Å². The summed E-state index contributed by atoms with van der Waals surface area (Å²) in [7, 11) is 1.70. The zero-order valence-corrected chi connectivity index (χ0v) is 14.2. The van der Waals surface area contributed by atoms with Crippen molar-refractivity contribution in [3.63, 3.8) is 0 Å². The summed E-state index contributed by atoms with van der Waals surface area (Å²) in [4.78, 5) is 14.4. The standard InChI is InChI=1S/C19H25N3O2/c1-3-11-22(14-16-8-6-7-15(12-16)13-20)19(23)21-17-9-4-5-10-18(17)24-2/h3,6-8,12,17-18H,1,4-5,9-11,14H2,2H3,(H,21,23). The molecule has 0 aromatic heterocycles. The van der Waals surface area contributed by atoms with E-state index in [2.05, 4.69) is 18.0 Å². The predicted octanol–water partition coefficient (Wildman–Crippen LogP) is 3.21. The van der Waals surface area contributed by atoms with Crippen LogP contribution in [0.1, 0.15) is 36.8 Å². The number of rotatable bonds is 6. The summed E-state index contributed by atoms with van der Waals surface area (Å²) in [5.41, 5.74) is 1.52. The molecule has 2 rings (SSSR count). The summed E-state index contributed by atoms with van der Waals surface area (Å²) < 4.78 is 5.50. The zero-order chi connectivity index (χ0) is 17.4. The summed E-state index contributed by atoms with van der Waals surface area (Å²) >= 11 is 0. The second-order valence-electron chi connectivity index (χ2n) is 6.10. The first-order valence-corrected chi connectivity index (χ1v) is 8.36. The van der Waals surface area contributed by atoms with Crippen molar-refractivity contribution in [2.24, 2.45) is 0 Å². The van der Waals surface area contributed by atoms with Gasteiger partial charge in [0.25, 0.3) is 0 Å². The van der Waals surface area contributed by atoms with Crippen molar-refractivity contribution in [1.29, 1.82) is 5.26 Å². The summed E-state index contributed by atoms with van der Waals surface area (Å²) in [6, 6.07) is 9.37. The summed E-state index contributed by atoms with van der Waals surface area (Å²) in [6.07, 6.45) is 5.96. The molecule has 0 radical (unpaired) electrons. The van der Waals surface area contributed by atoms with E-state index < -0.39 is 0 Å². The molecule has 2 atom stereocenters. The Morgan fingerprint density at radius 1 is 1.50 bits per heavy atom. The van der Waals surface area contributed by atoms with Crippen LogP contribution in [0, 0.1) is 11.3 Å². The molecule has 0 bridgehead atoms. The summed E-state index contributed by atoms with van der Waals surface area (Å²) in [5.74, 6) is 0. The van der Waals surface area contributed by atoms with E-state index in [4.69, 9.17) is 10.00 Å². The highest BCUT2D eigenvalue weighted by atomic mass is 16.5. The molecule has 0 heterocycles. The van der Waals surface area contributed by atoms with Gasteiger partial charge in [-0.15, -0.1) is 6.58 Å². The molecule has 0 saturated heterocycles. The maximum atomic E-state index is 12.7. The van der Waals surface area contributed by atoms with Gasteiger partial charge in [-0.05, 0) is 30.5 Å². The smallest absolute Gasteiger partial charge is 0.318 e. The third-order valence-electron chi connectivity index (χ3n) is 4.38. The average Bonchev–Trinajstić information content (AvgIpc) is 2.62. The fourth-order valence-electron chi connectivity index (χ4n) is 3.13. The predicted molar refractivity (Wildman–Crippen MR) is 93.3 cm³/mol. The van der Waals surface area contributed by atoms with E-state index in [1.54, 1.807) is 24.2 Å². The van der Waals surface area contributed by atoms with E-state index in [1.165, 1.54) is 0 Å². The molecule has 2 unspecified atom stereocenters. The molecule has 1 aromatic rings. The number of methoxy groups -OCH3 is 1. The Labute approximate surface area is 143 Å². The molecule has 1 aliphatic carbocycles. The van der Waals surface area contributed by atoms with E-state index >= 15 is 0 Å². The van der Waals surface area contributed by atoms with Crippen LogP contribution in [0.4, 0.5) is 4.79 Å².